The Morgan fingerprint density at radius 3 is 2.70 bits per heavy atom. The van der Waals surface area contributed by atoms with Crippen LogP contribution < -0.4 is 11.2 Å². The van der Waals surface area contributed by atoms with Gasteiger partial charge in [0.1, 0.15) is 5.75 Å². The van der Waals surface area contributed by atoms with Gasteiger partial charge in [-0.25, -0.2) is 0 Å². The molecule has 4 nitrogen and oxygen atoms in total. The van der Waals surface area contributed by atoms with E-state index >= 15 is 0 Å². The van der Waals surface area contributed by atoms with Gasteiger partial charge in [0.2, 0.25) is 0 Å². The Morgan fingerprint density at radius 1 is 1.25 bits per heavy atom. The molecule has 0 atom stereocenters. The SMILES string of the molecule is Cc1cccc(-c2ccc(O)c(/C=N\NC(N)=S)c2)c1. The van der Waals surface area contributed by atoms with Crippen LogP contribution in [0.3, 0.4) is 0 Å². The van der Waals surface area contributed by atoms with Gasteiger partial charge in [0, 0.05) is 5.56 Å². The number of benzene rings is 2. The van der Waals surface area contributed by atoms with Crippen LogP contribution in [0, 0.1) is 6.92 Å². The van der Waals surface area contributed by atoms with Gasteiger partial charge in [0.05, 0.1) is 6.21 Å². The molecule has 2 aromatic carbocycles. The fraction of sp³-hybridized carbons (Fsp3) is 0.0667. The summed E-state index contributed by atoms with van der Waals surface area (Å²) in [4.78, 5) is 0. The van der Waals surface area contributed by atoms with Crippen LogP contribution in [0.1, 0.15) is 11.1 Å². The van der Waals surface area contributed by atoms with Crippen molar-refractivity contribution in [3.8, 4) is 16.9 Å². The van der Waals surface area contributed by atoms with E-state index in [1.165, 1.54) is 11.8 Å². The standard InChI is InChI=1S/C15H15N3OS/c1-10-3-2-4-11(7-10)12-5-6-14(19)13(8-12)9-17-18-15(16)20/h2-9,19H,1H3,(H3,16,18,20)/b17-9-. The summed E-state index contributed by atoms with van der Waals surface area (Å²) in [5, 5.41) is 13.8. The second-order valence-electron chi connectivity index (χ2n) is 4.38. The molecule has 0 saturated heterocycles. The highest BCUT2D eigenvalue weighted by atomic mass is 32.1. The van der Waals surface area contributed by atoms with Gasteiger partial charge in [-0.2, -0.15) is 5.10 Å². The summed E-state index contributed by atoms with van der Waals surface area (Å²) in [6.07, 6.45) is 1.48. The van der Waals surface area contributed by atoms with Crippen molar-refractivity contribution >= 4 is 23.5 Å². The van der Waals surface area contributed by atoms with E-state index in [4.69, 9.17) is 5.73 Å². The summed E-state index contributed by atoms with van der Waals surface area (Å²) in [5.74, 6) is 0.148. The molecule has 0 heterocycles. The van der Waals surface area contributed by atoms with Crippen LogP contribution in [0.25, 0.3) is 11.1 Å². The van der Waals surface area contributed by atoms with Crippen molar-refractivity contribution < 1.29 is 5.11 Å². The van der Waals surface area contributed by atoms with Crippen LogP contribution in [0.15, 0.2) is 47.6 Å². The number of nitrogens with zero attached hydrogens (tertiary/aromatic N) is 1. The number of aromatic hydroxyl groups is 1. The van der Waals surface area contributed by atoms with E-state index in [1.54, 1.807) is 6.07 Å². The summed E-state index contributed by atoms with van der Waals surface area (Å²) in [7, 11) is 0. The molecule has 0 fully saturated rings. The lowest BCUT2D eigenvalue weighted by molar-refractivity contribution is 0.474. The Hall–Kier alpha value is -2.40. The van der Waals surface area contributed by atoms with Crippen molar-refractivity contribution in [2.45, 2.75) is 6.92 Å². The van der Waals surface area contributed by atoms with E-state index in [0.717, 1.165) is 11.1 Å². The maximum absolute atomic E-state index is 9.82. The van der Waals surface area contributed by atoms with Crippen molar-refractivity contribution in [3.63, 3.8) is 0 Å². The first-order valence-corrected chi connectivity index (χ1v) is 6.45. The maximum atomic E-state index is 9.82. The van der Waals surface area contributed by atoms with E-state index < -0.39 is 0 Å². The molecule has 2 aromatic rings. The molecule has 4 N–H and O–H groups in total. The Labute approximate surface area is 122 Å². The van der Waals surface area contributed by atoms with Crippen LogP contribution in [0.5, 0.6) is 5.75 Å². The number of hydrogen-bond donors (Lipinski definition) is 3. The van der Waals surface area contributed by atoms with E-state index in [-0.39, 0.29) is 10.9 Å². The monoisotopic (exact) mass is 285 g/mol. The highest BCUT2D eigenvalue weighted by Crippen LogP contribution is 2.25. The zero-order chi connectivity index (χ0) is 14.5. The molecule has 0 radical (unpaired) electrons. The van der Waals surface area contributed by atoms with Crippen molar-refractivity contribution in [1.82, 2.24) is 5.43 Å². The number of aryl methyl sites for hydroxylation is 1. The minimum Gasteiger partial charge on any atom is -0.507 e. The van der Waals surface area contributed by atoms with Crippen molar-refractivity contribution in [1.29, 1.82) is 0 Å². The molecular weight excluding hydrogens is 270 g/mol. The summed E-state index contributed by atoms with van der Waals surface area (Å²) < 4.78 is 0. The molecule has 2 rings (SSSR count). The van der Waals surface area contributed by atoms with Gasteiger partial charge in [-0.15, -0.1) is 0 Å². The Bertz CT molecular complexity index is 668. The smallest absolute Gasteiger partial charge is 0.184 e. The minimum atomic E-state index is 0.0792. The molecule has 20 heavy (non-hydrogen) atoms. The zero-order valence-corrected chi connectivity index (χ0v) is 11.8. The zero-order valence-electron chi connectivity index (χ0n) is 11.0. The fourth-order valence-electron chi connectivity index (χ4n) is 1.83. The Kier molecular flexibility index (Phi) is 4.32. The van der Waals surface area contributed by atoms with E-state index in [0.29, 0.717) is 5.56 Å². The van der Waals surface area contributed by atoms with E-state index in [9.17, 15) is 5.11 Å². The van der Waals surface area contributed by atoms with Gasteiger partial charge in [-0.3, -0.25) is 5.43 Å². The lowest BCUT2D eigenvalue weighted by Crippen LogP contribution is -2.23. The van der Waals surface area contributed by atoms with E-state index in [2.05, 4.69) is 28.8 Å². The van der Waals surface area contributed by atoms with Crippen molar-refractivity contribution in [3.05, 3.63) is 53.6 Å². The normalized spacial score (nSPS) is 10.7. The molecule has 0 bridgehead atoms. The second kappa shape index (κ2) is 6.16. The molecule has 0 amide bonds. The summed E-state index contributed by atoms with van der Waals surface area (Å²) in [6.45, 7) is 2.04. The van der Waals surface area contributed by atoms with Crippen LogP contribution in [0.4, 0.5) is 0 Å². The summed E-state index contributed by atoms with van der Waals surface area (Å²) in [6, 6.07) is 13.5. The maximum Gasteiger partial charge on any atom is 0.184 e. The highest BCUT2D eigenvalue weighted by Gasteiger charge is 2.03. The highest BCUT2D eigenvalue weighted by molar-refractivity contribution is 7.80. The molecular formula is C15H15N3OS. The van der Waals surface area contributed by atoms with Gasteiger partial charge in [0.25, 0.3) is 0 Å². The molecule has 0 aliphatic carbocycles. The van der Waals surface area contributed by atoms with Gasteiger partial charge < -0.3 is 10.8 Å². The third-order valence-corrected chi connectivity index (χ3v) is 2.85. The average molecular weight is 285 g/mol. The van der Waals surface area contributed by atoms with Crippen LogP contribution >= 0.6 is 12.2 Å². The second-order valence-corrected chi connectivity index (χ2v) is 4.82. The van der Waals surface area contributed by atoms with Crippen LogP contribution in [-0.2, 0) is 0 Å². The predicted molar refractivity (Wildman–Crippen MR) is 85.8 cm³/mol. The summed E-state index contributed by atoms with van der Waals surface area (Å²) >= 11 is 4.65. The molecule has 0 unspecified atom stereocenters. The number of thiocarbonyl (C=S) groups is 1. The van der Waals surface area contributed by atoms with Crippen molar-refractivity contribution in [2.24, 2.45) is 10.8 Å². The number of rotatable bonds is 3. The number of hydrogen-bond acceptors (Lipinski definition) is 3. The Balaban J connectivity index is 2.33. The molecule has 0 spiro atoms. The quantitative estimate of drug-likeness (QED) is 0.460. The van der Waals surface area contributed by atoms with E-state index in [1.807, 2.05) is 37.3 Å². The van der Waals surface area contributed by atoms with Crippen molar-refractivity contribution in [2.75, 3.05) is 0 Å². The lowest BCUT2D eigenvalue weighted by Gasteiger charge is -2.06. The average Bonchev–Trinajstić information content (AvgIpc) is 2.40. The number of nitrogens with one attached hydrogen (secondary N) is 1. The van der Waals surface area contributed by atoms with Gasteiger partial charge in [0.15, 0.2) is 5.11 Å². The molecule has 102 valence electrons. The first kappa shape index (κ1) is 14.0. The minimum absolute atomic E-state index is 0.0792. The Morgan fingerprint density at radius 2 is 2.00 bits per heavy atom. The largest absolute Gasteiger partial charge is 0.507 e. The fourth-order valence-corrected chi connectivity index (χ4v) is 1.88. The van der Waals surface area contributed by atoms with Gasteiger partial charge in [-0.05, 0) is 42.4 Å². The van der Waals surface area contributed by atoms with Crippen LogP contribution in [0.2, 0.25) is 0 Å². The topological polar surface area (TPSA) is 70.6 Å². The molecule has 0 aliphatic heterocycles. The summed E-state index contributed by atoms with van der Waals surface area (Å²) in [5.41, 5.74) is 11.6. The third-order valence-electron chi connectivity index (χ3n) is 2.76. The number of phenolic OH excluding ortho intramolecular Hbond substituents is 1. The number of phenols is 1. The number of nitrogens with two attached hydrogens (primary N) is 1. The number of hydrazone groups is 1. The van der Waals surface area contributed by atoms with Gasteiger partial charge in [-0.1, -0.05) is 35.9 Å². The first-order valence-electron chi connectivity index (χ1n) is 6.05. The molecule has 5 heteroatoms. The molecule has 0 aliphatic rings. The predicted octanol–water partition coefficient (Wildman–Crippen LogP) is 2.53. The van der Waals surface area contributed by atoms with Crippen LogP contribution in [-0.4, -0.2) is 16.4 Å². The first-order chi connectivity index (χ1) is 9.56. The lowest BCUT2D eigenvalue weighted by atomic mass is 10.0. The molecule has 0 saturated carbocycles. The molecule has 0 aromatic heterocycles. The van der Waals surface area contributed by atoms with Gasteiger partial charge >= 0.3 is 0 Å². The third kappa shape index (κ3) is 3.55.